The second-order valence-electron chi connectivity index (χ2n) is 8.76. The number of aliphatic carboxylic acids is 1. The van der Waals surface area contributed by atoms with Crippen LogP contribution in [0.25, 0.3) is 11.1 Å². The lowest BCUT2D eigenvalue weighted by Gasteiger charge is -2.41. The molecular formula is C27H35NO7S. The summed E-state index contributed by atoms with van der Waals surface area (Å²) in [7, 11) is 0. The van der Waals surface area contributed by atoms with Crippen LogP contribution in [-0.2, 0) is 14.3 Å². The minimum absolute atomic E-state index is 0.0835. The van der Waals surface area contributed by atoms with Gasteiger partial charge in [0.15, 0.2) is 0 Å². The molecule has 4 N–H and O–H groups in total. The van der Waals surface area contributed by atoms with Crippen molar-refractivity contribution in [2.24, 2.45) is 0 Å². The minimum Gasteiger partial charge on any atom is -0.477 e. The molecule has 0 bridgehead atoms. The van der Waals surface area contributed by atoms with E-state index in [-0.39, 0.29) is 38.3 Å². The maximum Gasteiger partial charge on any atom is 0.364 e. The highest BCUT2D eigenvalue weighted by Gasteiger charge is 2.50. The van der Waals surface area contributed by atoms with Crippen LogP contribution in [0.2, 0.25) is 0 Å². The number of carboxylic acid groups (broad SMARTS) is 1. The van der Waals surface area contributed by atoms with Gasteiger partial charge >= 0.3 is 5.97 Å². The first kappa shape index (κ1) is 28.1. The van der Waals surface area contributed by atoms with E-state index in [9.17, 15) is 24.9 Å². The molecule has 0 saturated carbocycles. The average molecular weight is 518 g/mol. The van der Waals surface area contributed by atoms with E-state index in [0.29, 0.717) is 12.0 Å². The lowest BCUT2D eigenvalue weighted by molar-refractivity contribution is -0.300. The number of aliphatic hydroxyl groups excluding tert-OH is 2. The highest BCUT2D eigenvalue weighted by atomic mass is 32.2. The quantitative estimate of drug-likeness (QED) is 0.298. The molecule has 0 unspecified atom stereocenters. The minimum atomic E-state index is -2.00. The molecule has 0 radical (unpaired) electrons. The molecule has 4 atom stereocenters. The van der Waals surface area contributed by atoms with Gasteiger partial charge in [-0.1, -0.05) is 49.4 Å². The van der Waals surface area contributed by atoms with E-state index >= 15 is 0 Å². The molecule has 1 aliphatic rings. The molecule has 1 saturated heterocycles. The number of ether oxygens (including phenoxy) is 2. The number of carboxylic acids is 1. The number of nitrogens with one attached hydrogen (secondary N) is 1. The number of carbonyl (C=O) groups is 2. The molecule has 0 aliphatic carbocycles. The maximum atomic E-state index is 12.5. The van der Waals surface area contributed by atoms with Crippen LogP contribution < -0.4 is 5.32 Å². The van der Waals surface area contributed by atoms with Crippen LogP contribution >= 0.6 is 11.8 Å². The zero-order chi connectivity index (χ0) is 26.0. The van der Waals surface area contributed by atoms with Crippen molar-refractivity contribution in [3.05, 3.63) is 60.2 Å². The summed E-state index contributed by atoms with van der Waals surface area (Å²) < 4.78 is 11.3. The van der Waals surface area contributed by atoms with E-state index in [4.69, 9.17) is 9.47 Å². The van der Waals surface area contributed by atoms with Crippen LogP contribution in [0.15, 0.2) is 54.6 Å². The number of thioether (sulfide) groups is 1. The van der Waals surface area contributed by atoms with Crippen molar-refractivity contribution >= 4 is 23.6 Å². The Hall–Kier alpha value is -2.43. The number of carbonyl (C=O) groups excluding carboxylic acids is 1. The Bertz CT molecular complexity index is 972. The first-order valence-electron chi connectivity index (χ1n) is 12.3. The third-order valence-electron chi connectivity index (χ3n) is 6.06. The van der Waals surface area contributed by atoms with Crippen LogP contribution in [-0.4, -0.2) is 76.0 Å². The van der Waals surface area contributed by atoms with Crippen molar-refractivity contribution in [3.8, 4) is 11.1 Å². The third kappa shape index (κ3) is 7.78. The molecule has 9 heteroatoms. The van der Waals surface area contributed by atoms with Gasteiger partial charge in [0, 0.05) is 24.9 Å². The fourth-order valence-corrected chi connectivity index (χ4v) is 4.75. The zero-order valence-corrected chi connectivity index (χ0v) is 21.3. The standard InChI is InChI=1S/C27H35NO7S/c1-2-36-16-6-15-34-27(26(32)33)18-22(29)17-24(35-27)23(30)13-14-28-25(31)21-11-9-20(10-12-21)19-7-4-3-5-8-19/h3-5,7-12,22-24,29-30H,2,6,13-18H2,1H3,(H,28,31)(H,32,33)/t22-,23-,24-,27-/m1/s1. The van der Waals surface area contributed by atoms with Crippen molar-refractivity contribution < 1.29 is 34.4 Å². The molecular weight excluding hydrogens is 482 g/mol. The molecule has 2 aromatic carbocycles. The number of hydrogen-bond donors (Lipinski definition) is 4. The molecule has 0 aromatic heterocycles. The van der Waals surface area contributed by atoms with Crippen molar-refractivity contribution in [2.75, 3.05) is 24.7 Å². The summed E-state index contributed by atoms with van der Waals surface area (Å²) in [6, 6.07) is 17.1. The summed E-state index contributed by atoms with van der Waals surface area (Å²) in [5.74, 6) is -1.81. The summed E-state index contributed by atoms with van der Waals surface area (Å²) in [5, 5.41) is 33.5. The molecule has 1 fully saturated rings. The van der Waals surface area contributed by atoms with Gasteiger partial charge in [0.1, 0.15) is 0 Å². The highest BCUT2D eigenvalue weighted by Crippen LogP contribution is 2.33. The first-order chi connectivity index (χ1) is 17.3. The van der Waals surface area contributed by atoms with E-state index < -0.39 is 30.1 Å². The van der Waals surface area contributed by atoms with Crippen molar-refractivity contribution in [1.29, 1.82) is 0 Å². The Labute approximate surface area is 216 Å². The van der Waals surface area contributed by atoms with E-state index in [0.717, 1.165) is 22.6 Å². The second-order valence-corrected chi connectivity index (χ2v) is 10.2. The molecule has 1 amide bonds. The van der Waals surface area contributed by atoms with Gasteiger partial charge in [-0.05, 0) is 47.6 Å². The Morgan fingerprint density at radius 3 is 2.53 bits per heavy atom. The largest absolute Gasteiger partial charge is 0.477 e. The Morgan fingerprint density at radius 2 is 1.86 bits per heavy atom. The third-order valence-corrected chi connectivity index (χ3v) is 7.04. The van der Waals surface area contributed by atoms with E-state index in [2.05, 4.69) is 5.32 Å². The van der Waals surface area contributed by atoms with Gasteiger partial charge in [0.25, 0.3) is 11.7 Å². The topological polar surface area (TPSA) is 125 Å². The summed E-state index contributed by atoms with van der Waals surface area (Å²) in [6.45, 7) is 2.38. The van der Waals surface area contributed by atoms with Crippen LogP contribution in [0.1, 0.15) is 43.0 Å². The number of amides is 1. The fraction of sp³-hybridized carbons (Fsp3) is 0.481. The number of rotatable bonds is 13. The molecule has 8 nitrogen and oxygen atoms in total. The van der Waals surface area contributed by atoms with Crippen LogP contribution in [0.3, 0.4) is 0 Å². The Balaban J connectivity index is 1.50. The zero-order valence-electron chi connectivity index (χ0n) is 20.5. The van der Waals surface area contributed by atoms with Gasteiger partial charge in [-0.25, -0.2) is 4.79 Å². The number of hydrogen-bond acceptors (Lipinski definition) is 7. The van der Waals surface area contributed by atoms with E-state index in [1.165, 1.54) is 0 Å². The summed E-state index contributed by atoms with van der Waals surface area (Å²) >= 11 is 1.73. The van der Waals surface area contributed by atoms with E-state index in [1.807, 2.05) is 49.4 Å². The van der Waals surface area contributed by atoms with Crippen molar-refractivity contribution in [2.45, 2.75) is 56.7 Å². The normalized spacial score (nSPS) is 22.6. The van der Waals surface area contributed by atoms with Crippen LogP contribution in [0.4, 0.5) is 0 Å². The van der Waals surface area contributed by atoms with Gasteiger partial charge < -0.3 is 30.1 Å². The lowest BCUT2D eigenvalue weighted by atomic mass is 9.94. The SMILES string of the molecule is CCSCCCO[C@]1(C(=O)O)C[C@H](O)C[C@H]([C@H](O)CCNC(=O)c2ccc(-c3ccccc3)cc2)O1. The highest BCUT2D eigenvalue weighted by molar-refractivity contribution is 7.99. The van der Waals surface area contributed by atoms with Crippen LogP contribution in [0.5, 0.6) is 0 Å². The molecule has 3 rings (SSSR count). The van der Waals surface area contributed by atoms with E-state index in [1.54, 1.807) is 23.9 Å². The van der Waals surface area contributed by atoms with Crippen molar-refractivity contribution in [3.63, 3.8) is 0 Å². The lowest BCUT2D eigenvalue weighted by Crippen LogP contribution is -2.56. The van der Waals surface area contributed by atoms with Crippen LogP contribution in [0, 0.1) is 0 Å². The fourth-order valence-electron chi connectivity index (χ4n) is 4.14. The van der Waals surface area contributed by atoms with Gasteiger partial charge in [-0.3, -0.25) is 4.79 Å². The smallest absolute Gasteiger partial charge is 0.364 e. The molecule has 0 spiro atoms. The second kappa shape index (κ2) is 13.8. The predicted molar refractivity (Wildman–Crippen MR) is 139 cm³/mol. The van der Waals surface area contributed by atoms with Gasteiger partial charge in [-0.2, -0.15) is 11.8 Å². The van der Waals surface area contributed by atoms with Gasteiger partial charge in [-0.15, -0.1) is 0 Å². The first-order valence-corrected chi connectivity index (χ1v) is 13.4. The monoisotopic (exact) mass is 517 g/mol. The average Bonchev–Trinajstić information content (AvgIpc) is 2.88. The predicted octanol–water partition coefficient (Wildman–Crippen LogP) is 3.32. The molecule has 1 aliphatic heterocycles. The summed E-state index contributed by atoms with van der Waals surface area (Å²) in [6.07, 6.45) is -2.34. The molecule has 2 aromatic rings. The molecule has 36 heavy (non-hydrogen) atoms. The number of aliphatic hydroxyl groups is 2. The van der Waals surface area contributed by atoms with Gasteiger partial charge in [0.05, 0.1) is 24.9 Å². The molecule has 196 valence electrons. The Kier molecular flexibility index (Phi) is 10.8. The summed E-state index contributed by atoms with van der Waals surface area (Å²) in [5.41, 5.74) is 2.56. The van der Waals surface area contributed by atoms with Gasteiger partial charge in [0.2, 0.25) is 0 Å². The number of benzene rings is 2. The Morgan fingerprint density at radius 1 is 1.17 bits per heavy atom. The summed E-state index contributed by atoms with van der Waals surface area (Å²) in [4.78, 5) is 24.5. The van der Waals surface area contributed by atoms with Crippen molar-refractivity contribution in [1.82, 2.24) is 5.32 Å². The maximum absolute atomic E-state index is 12.5. The molecule has 1 heterocycles.